The fraction of sp³-hybridized carbons (Fsp3) is 0.375. The highest BCUT2D eigenvalue weighted by atomic mass is 32.1. The van der Waals surface area contributed by atoms with E-state index in [-0.39, 0.29) is 0 Å². The molecule has 2 rings (SSSR count). The number of nitrogens with zero attached hydrogens (tertiary/aromatic N) is 4. The Kier molecular flexibility index (Phi) is 2.20. The molecule has 0 aliphatic carbocycles. The molecule has 0 fully saturated rings. The monoisotopic (exact) mass is 209 g/mol. The van der Waals surface area contributed by atoms with Gasteiger partial charge in [0.2, 0.25) is 5.13 Å². The molecule has 2 aromatic heterocycles. The lowest BCUT2D eigenvalue weighted by atomic mass is 10.4. The molecule has 0 aliphatic heterocycles. The SMILES string of the molecule is CC(C)n1ccc(-c2nnc(N)s2)n1. The predicted octanol–water partition coefficient (Wildman–Crippen LogP) is 1.56. The predicted molar refractivity (Wildman–Crippen MR) is 55.9 cm³/mol. The number of hydrogen-bond acceptors (Lipinski definition) is 5. The molecule has 0 saturated carbocycles. The number of anilines is 1. The van der Waals surface area contributed by atoms with Crippen molar-refractivity contribution in [1.82, 2.24) is 20.0 Å². The summed E-state index contributed by atoms with van der Waals surface area (Å²) < 4.78 is 1.88. The Hall–Kier alpha value is -1.43. The number of nitrogen functional groups attached to an aromatic ring is 1. The highest BCUT2D eigenvalue weighted by Gasteiger charge is 2.08. The molecule has 2 N–H and O–H groups in total. The zero-order chi connectivity index (χ0) is 10.1. The smallest absolute Gasteiger partial charge is 0.203 e. The Morgan fingerprint density at radius 2 is 2.21 bits per heavy atom. The molecule has 0 aliphatic rings. The van der Waals surface area contributed by atoms with Gasteiger partial charge in [-0.1, -0.05) is 11.3 Å². The van der Waals surface area contributed by atoms with Crippen LogP contribution in [-0.4, -0.2) is 20.0 Å². The van der Waals surface area contributed by atoms with Crippen molar-refractivity contribution >= 4 is 16.5 Å². The van der Waals surface area contributed by atoms with E-state index in [4.69, 9.17) is 5.73 Å². The van der Waals surface area contributed by atoms with Gasteiger partial charge in [-0.2, -0.15) is 5.10 Å². The fourth-order valence-electron chi connectivity index (χ4n) is 1.08. The third kappa shape index (κ3) is 1.60. The molecule has 0 atom stereocenters. The van der Waals surface area contributed by atoms with Crippen LogP contribution in [0.4, 0.5) is 5.13 Å². The number of aromatic nitrogens is 4. The van der Waals surface area contributed by atoms with Crippen LogP contribution >= 0.6 is 11.3 Å². The number of rotatable bonds is 2. The summed E-state index contributed by atoms with van der Waals surface area (Å²) in [5.41, 5.74) is 6.32. The molecule has 0 radical (unpaired) electrons. The first-order valence-corrected chi connectivity index (χ1v) is 5.13. The van der Waals surface area contributed by atoms with Gasteiger partial charge in [0.1, 0.15) is 5.69 Å². The van der Waals surface area contributed by atoms with Gasteiger partial charge in [-0.25, -0.2) is 0 Å². The van der Waals surface area contributed by atoms with Gasteiger partial charge in [-0.3, -0.25) is 4.68 Å². The summed E-state index contributed by atoms with van der Waals surface area (Å²) in [6, 6.07) is 2.27. The van der Waals surface area contributed by atoms with Crippen LogP contribution in [0, 0.1) is 0 Å². The van der Waals surface area contributed by atoms with Crippen LogP contribution in [0.3, 0.4) is 0 Å². The van der Waals surface area contributed by atoms with Crippen molar-refractivity contribution in [2.75, 3.05) is 5.73 Å². The second-order valence-electron chi connectivity index (χ2n) is 3.22. The fourth-order valence-corrected chi connectivity index (χ4v) is 1.65. The van der Waals surface area contributed by atoms with Gasteiger partial charge in [0.15, 0.2) is 5.01 Å². The molecule has 0 aromatic carbocycles. The Labute approximate surface area is 85.6 Å². The van der Waals surface area contributed by atoms with Gasteiger partial charge in [-0.15, -0.1) is 10.2 Å². The van der Waals surface area contributed by atoms with Gasteiger partial charge in [0, 0.05) is 12.2 Å². The van der Waals surface area contributed by atoms with E-state index in [9.17, 15) is 0 Å². The lowest BCUT2D eigenvalue weighted by Crippen LogP contribution is -2.00. The van der Waals surface area contributed by atoms with E-state index in [1.165, 1.54) is 11.3 Å². The van der Waals surface area contributed by atoms with Crippen LogP contribution in [0.5, 0.6) is 0 Å². The summed E-state index contributed by atoms with van der Waals surface area (Å²) in [5.74, 6) is 0. The molecule has 5 nitrogen and oxygen atoms in total. The van der Waals surface area contributed by atoms with E-state index in [1.807, 2.05) is 16.9 Å². The highest BCUT2D eigenvalue weighted by Crippen LogP contribution is 2.23. The van der Waals surface area contributed by atoms with E-state index in [2.05, 4.69) is 29.1 Å². The standard InChI is InChI=1S/C8H11N5S/c1-5(2)13-4-3-6(12-13)7-10-11-8(9)14-7/h3-5H,1-2H3,(H2,9,11). The molecule has 2 aromatic rings. The van der Waals surface area contributed by atoms with Crippen molar-refractivity contribution in [2.45, 2.75) is 19.9 Å². The first kappa shape index (κ1) is 9.14. The zero-order valence-corrected chi connectivity index (χ0v) is 8.82. The van der Waals surface area contributed by atoms with E-state index in [1.54, 1.807) is 0 Å². The first-order chi connectivity index (χ1) is 6.66. The second-order valence-corrected chi connectivity index (χ2v) is 4.23. The number of hydrogen-bond donors (Lipinski definition) is 1. The second kappa shape index (κ2) is 3.38. The van der Waals surface area contributed by atoms with Gasteiger partial charge < -0.3 is 5.73 Å². The summed E-state index contributed by atoms with van der Waals surface area (Å²) in [5, 5.41) is 13.3. The van der Waals surface area contributed by atoms with Crippen LogP contribution in [0.25, 0.3) is 10.7 Å². The first-order valence-electron chi connectivity index (χ1n) is 4.31. The number of nitrogens with two attached hydrogens (primary N) is 1. The Balaban J connectivity index is 2.33. The maximum Gasteiger partial charge on any atom is 0.203 e. The van der Waals surface area contributed by atoms with Crippen LogP contribution < -0.4 is 5.73 Å². The Morgan fingerprint density at radius 3 is 2.71 bits per heavy atom. The molecular weight excluding hydrogens is 198 g/mol. The van der Waals surface area contributed by atoms with E-state index < -0.39 is 0 Å². The summed E-state index contributed by atoms with van der Waals surface area (Å²) >= 11 is 1.35. The third-order valence-electron chi connectivity index (χ3n) is 1.80. The van der Waals surface area contributed by atoms with E-state index >= 15 is 0 Å². The average molecular weight is 209 g/mol. The van der Waals surface area contributed by atoms with Crippen molar-refractivity contribution in [2.24, 2.45) is 0 Å². The summed E-state index contributed by atoms with van der Waals surface area (Å²) in [4.78, 5) is 0. The Bertz CT molecular complexity index is 430. The molecular formula is C8H11N5S. The molecule has 0 unspecified atom stereocenters. The van der Waals surface area contributed by atoms with Crippen LogP contribution in [0.1, 0.15) is 19.9 Å². The molecule has 2 heterocycles. The summed E-state index contributed by atoms with van der Waals surface area (Å²) in [7, 11) is 0. The van der Waals surface area contributed by atoms with Crippen molar-refractivity contribution in [1.29, 1.82) is 0 Å². The molecule has 0 saturated heterocycles. The van der Waals surface area contributed by atoms with Crippen LogP contribution in [0.15, 0.2) is 12.3 Å². The topological polar surface area (TPSA) is 69.6 Å². The zero-order valence-electron chi connectivity index (χ0n) is 8.01. The van der Waals surface area contributed by atoms with Crippen molar-refractivity contribution in [3.05, 3.63) is 12.3 Å². The van der Waals surface area contributed by atoms with Crippen molar-refractivity contribution < 1.29 is 0 Å². The summed E-state index contributed by atoms with van der Waals surface area (Å²) in [6.45, 7) is 4.15. The van der Waals surface area contributed by atoms with Gasteiger partial charge in [0.05, 0.1) is 0 Å². The maximum absolute atomic E-state index is 5.49. The minimum Gasteiger partial charge on any atom is -0.374 e. The highest BCUT2D eigenvalue weighted by molar-refractivity contribution is 7.18. The van der Waals surface area contributed by atoms with E-state index in [0.717, 1.165) is 10.7 Å². The molecule has 6 heteroatoms. The van der Waals surface area contributed by atoms with E-state index in [0.29, 0.717) is 11.2 Å². The minimum absolute atomic E-state index is 0.356. The summed E-state index contributed by atoms with van der Waals surface area (Å²) in [6.07, 6.45) is 1.93. The third-order valence-corrected chi connectivity index (χ3v) is 2.57. The quantitative estimate of drug-likeness (QED) is 0.815. The molecule has 0 amide bonds. The van der Waals surface area contributed by atoms with Crippen molar-refractivity contribution in [3.8, 4) is 10.7 Å². The molecule has 74 valence electrons. The minimum atomic E-state index is 0.356. The van der Waals surface area contributed by atoms with Crippen LogP contribution in [0.2, 0.25) is 0 Å². The normalized spacial score (nSPS) is 11.1. The maximum atomic E-state index is 5.49. The van der Waals surface area contributed by atoms with Gasteiger partial charge >= 0.3 is 0 Å². The largest absolute Gasteiger partial charge is 0.374 e. The lowest BCUT2D eigenvalue weighted by Gasteiger charge is -2.02. The van der Waals surface area contributed by atoms with Crippen LogP contribution in [-0.2, 0) is 0 Å². The molecule has 0 bridgehead atoms. The Morgan fingerprint density at radius 1 is 1.43 bits per heavy atom. The average Bonchev–Trinajstić information content (AvgIpc) is 2.70. The van der Waals surface area contributed by atoms with Crippen molar-refractivity contribution in [3.63, 3.8) is 0 Å². The van der Waals surface area contributed by atoms with Gasteiger partial charge in [0.25, 0.3) is 0 Å². The molecule has 0 spiro atoms. The molecule has 14 heavy (non-hydrogen) atoms. The van der Waals surface area contributed by atoms with Gasteiger partial charge in [-0.05, 0) is 19.9 Å². The lowest BCUT2D eigenvalue weighted by molar-refractivity contribution is 0.534.